The lowest BCUT2D eigenvalue weighted by Gasteiger charge is -2.18. The number of hydrogen-bond donors (Lipinski definition) is 1. The van der Waals surface area contributed by atoms with Crippen molar-refractivity contribution < 1.29 is 14.3 Å². The number of carbonyl (C=O) groups is 1. The Hall–Kier alpha value is -2.47. The van der Waals surface area contributed by atoms with Gasteiger partial charge in [0.2, 0.25) is 5.91 Å². The maximum absolute atomic E-state index is 12.0. The SMILES string of the molecule is C/C(=N/NC(=O)CCSc1ccc(C)cc1)c1ccc2c(c1)OCCO2. The lowest BCUT2D eigenvalue weighted by atomic mass is 10.1. The third-order valence-electron chi connectivity index (χ3n) is 3.93. The molecule has 0 atom stereocenters. The second-order valence-corrected chi connectivity index (χ2v) is 7.17. The summed E-state index contributed by atoms with van der Waals surface area (Å²) in [6, 6.07) is 13.9. The zero-order valence-electron chi connectivity index (χ0n) is 15.0. The van der Waals surface area contributed by atoms with Gasteiger partial charge in [-0.25, -0.2) is 5.43 Å². The summed E-state index contributed by atoms with van der Waals surface area (Å²) in [5.41, 5.74) is 5.47. The van der Waals surface area contributed by atoms with Crippen LogP contribution in [0.15, 0.2) is 52.5 Å². The number of nitrogens with zero attached hydrogens (tertiary/aromatic N) is 1. The Bertz CT molecular complexity index is 803. The Morgan fingerprint density at radius 3 is 2.62 bits per heavy atom. The summed E-state index contributed by atoms with van der Waals surface area (Å²) < 4.78 is 11.1. The Morgan fingerprint density at radius 2 is 1.85 bits per heavy atom. The molecule has 5 nitrogen and oxygen atoms in total. The molecular formula is C20H22N2O3S. The number of ether oxygens (including phenoxy) is 2. The van der Waals surface area contributed by atoms with Crippen molar-refractivity contribution in [1.82, 2.24) is 5.43 Å². The fourth-order valence-corrected chi connectivity index (χ4v) is 3.28. The number of rotatable bonds is 6. The van der Waals surface area contributed by atoms with Crippen molar-refractivity contribution in [2.45, 2.75) is 25.2 Å². The summed E-state index contributed by atoms with van der Waals surface area (Å²) in [7, 11) is 0. The van der Waals surface area contributed by atoms with Crippen LogP contribution in [0.4, 0.5) is 0 Å². The lowest BCUT2D eigenvalue weighted by molar-refractivity contribution is -0.120. The minimum Gasteiger partial charge on any atom is -0.486 e. The number of benzene rings is 2. The first-order chi connectivity index (χ1) is 12.6. The van der Waals surface area contributed by atoms with Gasteiger partial charge in [0, 0.05) is 22.6 Å². The van der Waals surface area contributed by atoms with Gasteiger partial charge in [0.25, 0.3) is 0 Å². The first-order valence-corrected chi connectivity index (χ1v) is 9.53. The van der Waals surface area contributed by atoms with Crippen molar-refractivity contribution in [1.29, 1.82) is 0 Å². The van der Waals surface area contributed by atoms with E-state index < -0.39 is 0 Å². The summed E-state index contributed by atoms with van der Waals surface area (Å²) in [4.78, 5) is 13.1. The molecule has 0 spiro atoms. The molecule has 0 saturated heterocycles. The van der Waals surface area contributed by atoms with Gasteiger partial charge in [-0.3, -0.25) is 4.79 Å². The van der Waals surface area contributed by atoms with Gasteiger partial charge in [-0.15, -0.1) is 11.8 Å². The van der Waals surface area contributed by atoms with Gasteiger partial charge in [0.05, 0.1) is 5.71 Å². The van der Waals surface area contributed by atoms with Crippen LogP contribution >= 0.6 is 11.8 Å². The predicted molar refractivity (Wildman–Crippen MR) is 104 cm³/mol. The molecule has 1 aliphatic rings. The van der Waals surface area contributed by atoms with Crippen LogP contribution in [0.3, 0.4) is 0 Å². The minimum atomic E-state index is -0.0958. The maximum Gasteiger partial charge on any atom is 0.240 e. The topological polar surface area (TPSA) is 59.9 Å². The van der Waals surface area contributed by atoms with Gasteiger partial charge in [-0.2, -0.15) is 5.10 Å². The van der Waals surface area contributed by atoms with Crippen molar-refractivity contribution in [3.05, 3.63) is 53.6 Å². The molecule has 3 rings (SSSR count). The van der Waals surface area contributed by atoms with E-state index in [2.05, 4.69) is 41.7 Å². The van der Waals surface area contributed by atoms with Gasteiger partial charge in [-0.1, -0.05) is 17.7 Å². The van der Waals surface area contributed by atoms with Crippen molar-refractivity contribution in [2.75, 3.05) is 19.0 Å². The Morgan fingerprint density at radius 1 is 1.12 bits per heavy atom. The zero-order chi connectivity index (χ0) is 18.4. The maximum atomic E-state index is 12.0. The van der Waals surface area contributed by atoms with Crippen LogP contribution < -0.4 is 14.9 Å². The summed E-state index contributed by atoms with van der Waals surface area (Å²) in [6.45, 7) is 5.02. The fraction of sp³-hybridized carbons (Fsp3) is 0.300. The quantitative estimate of drug-likeness (QED) is 0.477. The number of hydrazone groups is 1. The van der Waals surface area contributed by atoms with E-state index in [1.54, 1.807) is 11.8 Å². The number of carbonyl (C=O) groups excluding carboxylic acids is 1. The van der Waals surface area contributed by atoms with Gasteiger partial charge < -0.3 is 9.47 Å². The molecular weight excluding hydrogens is 348 g/mol. The van der Waals surface area contributed by atoms with Crippen LogP contribution in [0, 0.1) is 6.92 Å². The Balaban J connectivity index is 1.48. The molecule has 2 aromatic carbocycles. The average Bonchev–Trinajstić information content (AvgIpc) is 2.67. The molecule has 0 bridgehead atoms. The van der Waals surface area contributed by atoms with Crippen LogP contribution in [-0.4, -0.2) is 30.6 Å². The number of nitrogens with one attached hydrogen (secondary N) is 1. The molecule has 0 radical (unpaired) electrons. The zero-order valence-corrected chi connectivity index (χ0v) is 15.8. The summed E-state index contributed by atoms with van der Waals surface area (Å²) in [5.74, 6) is 2.07. The second kappa shape index (κ2) is 8.76. The predicted octanol–water partition coefficient (Wildman–Crippen LogP) is 3.79. The highest BCUT2D eigenvalue weighted by Crippen LogP contribution is 2.30. The van der Waals surface area contributed by atoms with Gasteiger partial charge >= 0.3 is 0 Å². The third kappa shape index (κ3) is 5.02. The number of fused-ring (bicyclic) bond motifs is 1. The monoisotopic (exact) mass is 370 g/mol. The van der Waals surface area contributed by atoms with Crippen LogP contribution in [-0.2, 0) is 4.79 Å². The molecule has 136 valence electrons. The minimum absolute atomic E-state index is 0.0958. The lowest BCUT2D eigenvalue weighted by Crippen LogP contribution is -2.20. The van der Waals surface area contributed by atoms with Crippen molar-refractivity contribution in [3.8, 4) is 11.5 Å². The van der Waals surface area contributed by atoms with Crippen molar-refractivity contribution in [3.63, 3.8) is 0 Å². The van der Waals surface area contributed by atoms with Gasteiger partial charge in [-0.05, 0) is 44.2 Å². The highest BCUT2D eigenvalue weighted by atomic mass is 32.2. The highest BCUT2D eigenvalue weighted by Gasteiger charge is 2.12. The van der Waals surface area contributed by atoms with E-state index in [0.717, 1.165) is 17.0 Å². The van der Waals surface area contributed by atoms with E-state index >= 15 is 0 Å². The van der Waals surface area contributed by atoms with Crippen LogP contribution in [0.25, 0.3) is 0 Å². The molecule has 0 unspecified atom stereocenters. The standard InChI is InChI=1S/C20H22N2O3S/c1-14-3-6-17(7-4-14)26-12-9-20(23)22-21-15(2)16-5-8-18-19(13-16)25-11-10-24-18/h3-8,13H,9-12H2,1-2H3,(H,22,23)/b21-15-. The smallest absolute Gasteiger partial charge is 0.240 e. The fourth-order valence-electron chi connectivity index (χ4n) is 2.43. The summed E-state index contributed by atoms with van der Waals surface area (Å²) in [5, 5.41) is 4.19. The van der Waals surface area contributed by atoms with E-state index in [0.29, 0.717) is 31.1 Å². The average molecular weight is 370 g/mol. The third-order valence-corrected chi connectivity index (χ3v) is 4.94. The van der Waals surface area contributed by atoms with Crippen LogP contribution in [0.2, 0.25) is 0 Å². The molecule has 0 aliphatic carbocycles. The van der Waals surface area contributed by atoms with E-state index in [9.17, 15) is 4.79 Å². The summed E-state index contributed by atoms with van der Waals surface area (Å²) in [6.07, 6.45) is 0.413. The highest BCUT2D eigenvalue weighted by molar-refractivity contribution is 7.99. The van der Waals surface area contributed by atoms with E-state index in [1.165, 1.54) is 10.5 Å². The van der Waals surface area contributed by atoms with Gasteiger partial charge in [0.1, 0.15) is 13.2 Å². The van der Waals surface area contributed by atoms with E-state index in [-0.39, 0.29) is 5.91 Å². The molecule has 0 aromatic heterocycles. The number of aryl methyl sites for hydroxylation is 1. The normalized spacial score (nSPS) is 13.4. The molecule has 1 amide bonds. The van der Waals surface area contributed by atoms with Crippen LogP contribution in [0.1, 0.15) is 24.5 Å². The Kier molecular flexibility index (Phi) is 6.17. The molecule has 0 fully saturated rings. The number of thioether (sulfide) groups is 1. The van der Waals surface area contributed by atoms with E-state index in [4.69, 9.17) is 9.47 Å². The van der Waals surface area contributed by atoms with Crippen molar-refractivity contribution in [2.24, 2.45) is 5.10 Å². The van der Waals surface area contributed by atoms with Crippen LogP contribution in [0.5, 0.6) is 11.5 Å². The number of hydrogen-bond acceptors (Lipinski definition) is 5. The first kappa shape index (κ1) is 18.3. The van der Waals surface area contributed by atoms with Crippen molar-refractivity contribution >= 4 is 23.4 Å². The largest absolute Gasteiger partial charge is 0.486 e. The molecule has 0 saturated carbocycles. The molecule has 2 aromatic rings. The molecule has 1 N–H and O–H groups in total. The Labute approximate surface area is 157 Å². The van der Waals surface area contributed by atoms with Gasteiger partial charge in [0.15, 0.2) is 11.5 Å². The molecule has 1 heterocycles. The molecule has 26 heavy (non-hydrogen) atoms. The summed E-state index contributed by atoms with van der Waals surface area (Å²) >= 11 is 1.66. The molecule has 1 aliphatic heterocycles. The second-order valence-electron chi connectivity index (χ2n) is 6.00. The number of amides is 1. The molecule has 6 heteroatoms. The van der Waals surface area contributed by atoms with E-state index in [1.807, 2.05) is 25.1 Å². The first-order valence-electron chi connectivity index (χ1n) is 8.54.